The Hall–Kier alpha value is -1.38. The number of hydrogen-bond donors (Lipinski definition) is 1. The molecule has 4 nitrogen and oxygen atoms in total. The molecule has 0 atom stereocenters. The van der Waals surface area contributed by atoms with Gasteiger partial charge in [-0.25, -0.2) is 9.38 Å². The maximum atomic E-state index is 13.3. The van der Waals surface area contributed by atoms with Crippen LogP contribution in [0.2, 0.25) is 5.02 Å². The second kappa shape index (κ2) is 9.18. The monoisotopic (exact) mass is 488 g/mol. The third-order valence-corrected chi connectivity index (χ3v) is 6.61. The zero-order valence-corrected chi connectivity index (χ0v) is 18.9. The van der Waals surface area contributed by atoms with Gasteiger partial charge in [0.1, 0.15) is 5.82 Å². The second-order valence-corrected chi connectivity index (χ2v) is 8.55. The number of rotatable bonds is 2. The van der Waals surface area contributed by atoms with E-state index in [2.05, 4.69) is 20.6 Å². The fourth-order valence-corrected chi connectivity index (χ4v) is 5.23. The van der Waals surface area contributed by atoms with E-state index < -0.39 is 0 Å². The summed E-state index contributed by atoms with van der Waals surface area (Å²) < 4.78 is 13.3. The first kappa shape index (κ1) is 22.3. The van der Waals surface area contributed by atoms with Crippen LogP contribution in [0.1, 0.15) is 11.1 Å². The third kappa shape index (κ3) is 4.54. The molecule has 0 amide bonds. The molecule has 0 saturated carbocycles. The average Bonchev–Trinajstić information content (AvgIpc) is 3.06. The van der Waals surface area contributed by atoms with Crippen LogP contribution in [0.15, 0.2) is 57.5 Å². The molecular formula is C19H16Cl3FN4S2. The first-order chi connectivity index (χ1) is 13.2. The molecule has 1 N–H and O–H groups in total. The van der Waals surface area contributed by atoms with Crippen LogP contribution in [-0.2, 0) is 13.1 Å². The standard InChI is InChI=1S/C19H14ClFN4S2.2ClH/c20-13-1-3-17-12(5-13)8-25-15(10-27-19(25)24-17)9-26-18-22-7-11-6-14(21)2-4-16(11)23-18;;/h1-6,10H,7-9H2,(H,22,23);2*1H. The molecule has 0 unspecified atom stereocenters. The molecule has 2 aromatic rings. The number of amidine groups is 2. The van der Waals surface area contributed by atoms with Crippen molar-refractivity contribution in [1.29, 1.82) is 0 Å². The lowest BCUT2D eigenvalue weighted by atomic mass is 10.1. The number of anilines is 1. The van der Waals surface area contributed by atoms with Gasteiger partial charge in [0.15, 0.2) is 10.3 Å². The van der Waals surface area contributed by atoms with Gasteiger partial charge in [-0.05, 0) is 47.4 Å². The SMILES string of the molecule is Cl.Cl.Fc1ccc2c(c1)CN=C(SCC1=CSC3=Nc4ccc(Cl)cc4CN13)N2. The fraction of sp³-hybridized carbons (Fsp3) is 0.158. The van der Waals surface area contributed by atoms with Crippen LogP contribution in [0.5, 0.6) is 0 Å². The Morgan fingerprint density at radius 1 is 1.17 bits per heavy atom. The summed E-state index contributed by atoms with van der Waals surface area (Å²) >= 11 is 9.42. The number of hydrogen-bond acceptors (Lipinski definition) is 6. The largest absolute Gasteiger partial charge is 0.335 e. The lowest BCUT2D eigenvalue weighted by Crippen LogP contribution is -2.28. The van der Waals surface area contributed by atoms with E-state index in [1.807, 2.05) is 18.2 Å². The number of nitrogens with zero attached hydrogens (tertiary/aromatic N) is 3. The van der Waals surface area contributed by atoms with E-state index in [0.29, 0.717) is 6.54 Å². The minimum atomic E-state index is -0.229. The van der Waals surface area contributed by atoms with Crippen molar-refractivity contribution < 1.29 is 4.39 Å². The molecule has 10 heteroatoms. The summed E-state index contributed by atoms with van der Waals surface area (Å²) in [5.41, 5.74) is 5.13. The number of halogens is 4. The van der Waals surface area contributed by atoms with Gasteiger partial charge in [0.25, 0.3) is 0 Å². The van der Waals surface area contributed by atoms with E-state index in [4.69, 9.17) is 16.6 Å². The highest BCUT2D eigenvalue weighted by Crippen LogP contribution is 2.38. The van der Waals surface area contributed by atoms with Crippen LogP contribution in [0.3, 0.4) is 0 Å². The zero-order chi connectivity index (χ0) is 18.4. The summed E-state index contributed by atoms with van der Waals surface area (Å²) in [6.07, 6.45) is 0. The van der Waals surface area contributed by atoms with Crippen molar-refractivity contribution in [3.05, 3.63) is 69.5 Å². The molecule has 2 aromatic carbocycles. The predicted molar refractivity (Wildman–Crippen MR) is 128 cm³/mol. The molecule has 0 spiro atoms. The molecule has 0 saturated heterocycles. The molecule has 0 aromatic heterocycles. The highest BCUT2D eigenvalue weighted by atomic mass is 35.5. The highest BCUT2D eigenvalue weighted by Gasteiger charge is 2.28. The highest BCUT2D eigenvalue weighted by molar-refractivity contribution is 8.17. The van der Waals surface area contributed by atoms with Gasteiger partial charge in [-0.3, -0.25) is 4.99 Å². The molecule has 5 rings (SSSR count). The number of benzene rings is 2. The van der Waals surface area contributed by atoms with Crippen LogP contribution in [-0.4, -0.2) is 21.0 Å². The van der Waals surface area contributed by atoms with Crippen LogP contribution in [0.25, 0.3) is 0 Å². The molecule has 152 valence electrons. The Labute approximate surface area is 193 Å². The van der Waals surface area contributed by atoms with E-state index in [1.54, 1.807) is 29.6 Å². The van der Waals surface area contributed by atoms with Gasteiger partial charge >= 0.3 is 0 Å². The van der Waals surface area contributed by atoms with E-state index in [-0.39, 0.29) is 30.6 Å². The minimum absolute atomic E-state index is 0. The van der Waals surface area contributed by atoms with E-state index in [1.165, 1.54) is 17.8 Å². The number of nitrogens with one attached hydrogen (secondary N) is 1. The Morgan fingerprint density at radius 2 is 2.03 bits per heavy atom. The van der Waals surface area contributed by atoms with Crippen molar-refractivity contribution in [2.75, 3.05) is 11.1 Å². The molecule has 3 aliphatic heterocycles. The van der Waals surface area contributed by atoms with E-state index >= 15 is 0 Å². The summed E-state index contributed by atoms with van der Waals surface area (Å²) in [6, 6.07) is 10.6. The van der Waals surface area contributed by atoms with Crippen molar-refractivity contribution in [3.8, 4) is 0 Å². The Bertz CT molecular complexity index is 1040. The lowest BCUT2D eigenvalue weighted by molar-refractivity contribution is 0.519. The number of thioether (sulfide) groups is 2. The molecule has 3 heterocycles. The normalized spacial score (nSPS) is 16.1. The van der Waals surface area contributed by atoms with Crippen LogP contribution < -0.4 is 5.32 Å². The van der Waals surface area contributed by atoms with E-state index in [9.17, 15) is 4.39 Å². The first-order valence-electron chi connectivity index (χ1n) is 8.39. The Morgan fingerprint density at radius 3 is 2.90 bits per heavy atom. The molecular weight excluding hydrogens is 474 g/mol. The van der Waals surface area contributed by atoms with Crippen LogP contribution >= 0.6 is 59.9 Å². The average molecular weight is 490 g/mol. The van der Waals surface area contributed by atoms with E-state index in [0.717, 1.165) is 50.2 Å². The molecule has 29 heavy (non-hydrogen) atoms. The summed E-state index contributed by atoms with van der Waals surface area (Å²) in [6.45, 7) is 1.27. The smallest absolute Gasteiger partial charge is 0.173 e. The summed E-state index contributed by atoms with van der Waals surface area (Å²) in [5.74, 6) is 0.553. The molecule has 0 aliphatic carbocycles. The first-order valence-corrected chi connectivity index (χ1v) is 10.6. The summed E-state index contributed by atoms with van der Waals surface area (Å²) in [7, 11) is 0. The Balaban J connectivity index is 0.00000120. The van der Waals surface area contributed by atoms with Gasteiger partial charge in [-0.1, -0.05) is 35.1 Å². The van der Waals surface area contributed by atoms with Crippen LogP contribution in [0, 0.1) is 5.82 Å². The van der Waals surface area contributed by atoms with Crippen LogP contribution in [0.4, 0.5) is 15.8 Å². The van der Waals surface area contributed by atoms with Crippen molar-refractivity contribution in [1.82, 2.24) is 4.90 Å². The van der Waals surface area contributed by atoms with Gasteiger partial charge in [-0.2, -0.15) is 0 Å². The second-order valence-electron chi connectivity index (χ2n) is 6.32. The van der Waals surface area contributed by atoms with Gasteiger partial charge in [0.05, 0.1) is 18.8 Å². The van der Waals surface area contributed by atoms with Gasteiger partial charge in [0.2, 0.25) is 0 Å². The van der Waals surface area contributed by atoms with Crippen molar-refractivity contribution in [3.63, 3.8) is 0 Å². The molecule has 0 radical (unpaired) electrons. The maximum absolute atomic E-state index is 13.3. The topological polar surface area (TPSA) is 40.0 Å². The summed E-state index contributed by atoms with van der Waals surface area (Å²) in [5, 5.41) is 8.02. The maximum Gasteiger partial charge on any atom is 0.173 e. The third-order valence-electron chi connectivity index (χ3n) is 4.52. The predicted octanol–water partition coefficient (Wildman–Crippen LogP) is 6.43. The molecule has 0 fully saturated rings. The number of aliphatic imine (C=N–C) groups is 2. The van der Waals surface area contributed by atoms with Gasteiger partial charge in [-0.15, -0.1) is 24.8 Å². The summed E-state index contributed by atoms with van der Waals surface area (Å²) in [4.78, 5) is 11.5. The molecule has 3 aliphatic rings. The minimum Gasteiger partial charge on any atom is -0.335 e. The van der Waals surface area contributed by atoms with Crippen molar-refractivity contribution >= 4 is 81.6 Å². The number of fused-ring (bicyclic) bond motifs is 3. The van der Waals surface area contributed by atoms with Gasteiger partial charge in [0, 0.05) is 27.7 Å². The van der Waals surface area contributed by atoms with Crippen molar-refractivity contribution in [2.24, 2.45) is 9.98 Å². The quantitative estimate of drug-likeness (QED) is 0.528. The lowest BCUT2D eigenvalue weighted by Gasteiger charge is -2.27. The fourth-order valence-electron chi connectivity index (χ4n) is 3.15. The van der Waals surface area contributed by atoms with Gasteiger partial charge < -0.3 is 10.2 Å². The van der Waals surface area contributed by atoms with Crippen molar-refractivity contribution in [2.45, 2.75) is 13.1 Å². The Kier molecular flexibility index (Phi) is 7.06. The molecule has 0 bridgehead atoms. The zero-order valence-electron chi connectivity index (χ0n) is 14.9.